The molecule has 2 aromatic carbocycles. The Morgan fingerprint density at radius 2 is 1.52 bits per heavy atom. The second kappa shape index (κ2) is 5.94. The molecule has 0 unspecified atom stereocenters. The highest BCUT2D eigenvalue weighted by molar-refractivity contribution is 5.67. The largest absolute Gasteiger partial charge is 0.441 e. The molecule has 0 aliphatic rings. The van der Waals surface area contributed by atoms with Crippen LogP contribution in [0.25, 0.3) is 22.6 Å². The minimum atomic E-state index is 0.0831. The van der Waals surface area contributed by atoms with E-state index in [9.17, 15) is 0 Å². The Kier molecular flexibility index (Phi) is 3.84. The molecule has 1 heterocycles. The summed E-state index contributed by atoms with van der Waals surface area (Å²) in [6, 6.07) is 18.4. The zero-order valence-corrected chi connectivity index (χ0v) is 11.9. The smallest absolute Gasteiger partial charge is 0.226 e. The van der Waals surface area contributed by atoms with Gasteiger partial charge in [0.1, 0.15) is 5.76 Å². The second-order valence-electron chi connectivity index (χ2n) is 4.94. The predicted octanol–water partition coefficient (Wildman–Crippen LogP) is 3.85. The van der Waals surface area contributed by atoms with Gasteiger partial charge in [0.2, 0.25) is 5.89 Å². The fourth-order valence-electron chi connectivity index (χ4n) is 2.33. The molecule has 0 bridgehead atoms. The Balaban J connectivity index is 1.89. The highest BCUT2D eigenvalue weighted by Crippen LogP contribution is 2.25. The lowest BCUT2D eigenvalue weighted by Crippen LogP contribution is -1.92. The number of hydrogen-bond donors (Lipinski definition) is 1. The minimum Gasteiger partial charge on any atom is -0.441 e. The van der Waals surface area contributed by atoms with Crippen LogP contribution in [0.15, 0.2) is 59.0 Å². The molecule has 0 saturated carbocycles. The van der Waals surface area contributed by atoms with Crippen LogP contribution in [0.3, 0.4) is 0 Å². The van der Waals surface area contributed by atoms with E-state index in [1.54, 1.807) is 0 Å². The summed E-state index contributed by atoms with van der Waals surface area (Å²) < 4.78 is 5.68. The Labute approximate surface area is 123 Å². The third kappa shape index (κ3) is 2.88. The fourth-order valence-corrected chi connectivity index (χ4v) is 2.33. The Hall–Kier alpha value is -2.39. The maximum Gasteiger partial charge on any atom is 0.226 e. The van der Waals surface area contributed by atoms with E-state index in [4.69, 9.17) is 9.52 Å². The van der Waals surface area contributed by atoms with Gasteiger partial charge >= 0.3 is 0 Å². The Morgan fingerprint density at radius 3 is 2.19 bits per heavy atom. The van der Waals surface area contributed by atoms with Crippen molar-refractivity contribution >= 4 is 0 Å². The third-order valence-corrected chi connectivity index (χ3v) is 3.48. The summed E-state index contributed by atoms with van der Waals surface area (Å²) >= 11 is 0. The van der Waals surface area contributed by atoms with E-state index >= 15 is 0 Å². The van der Waals surface area contributed by atoms with Crippen molar-refractivity contribution in [1.29, 1.82) is 0 Å². The van der Waals surface area contributed by atoms with Crippen LogP contribution < -0.4 is 0 Å². The van der Waals surface area contributed by atoms with E-state index in [1.165, 1.54) is 11.1 Å². The first-order valence-electron chi connectivity index (χ1n) is 7.01. The van der Waals surface area contributed by atoms with Crippen molar-refractivity contribution in [2.75, 3.05) is 6.61 Å². The summed E-state index contributed by atoms with van der Waals surface area (Å²) in [5.41, 5.74) is 4.12. The van der Waals surface area contributed by atoms with Gasteiger partial charge in [0.15, 0.2) is 0 Å². The van der Waals surface area contributed by atoms with Crippen LogP contribution >= 0.6 is 0 Å². The number of aryl methyl sites for hydroxylation is 1. The molecular formula is C18H17NO2. The average Bonchev–Trinajstić information content (AvgIpc) is 2.90. The molecule has 3 aromatic rings. The molecule has 1 N–H and O–H groups in total. The molecule has 0 radical (unpaired) electrons. The third-order valence-electron chi connectivity index (χ3n) is 3.48. The lowest BCUT2D eigenvalue weighted by Gasteiger charge is -2.02. The summed E-state index contributed by atoms with van der Waals surface area (Å²) in [6.45, 7) is 1.96. The molecule has 0 aliphatic carbocycles. The number of aliphatic hydroxyl groups is 1. The summed E-state index contributed by atoms with van der Waals surface area (Å²) in [6.07, 6.45) is 0.525. The molecule has 106 valence electrons. The van der Waals surface area contributed by atoms with E-state index in [0.29, 0.717) is 12.3 Å². The average molecular weight is 279 g/mol. The molecule has 0 aliphatic heterocycles. The van der Waals surface area contributed by atoms with Gasteiger partial charge in [-0.1, -0.05) is 42.5 Å². The number of hydrogen-bond acceptors (Lipinski definition) is 3. The quantitative estimate of drug-likeness (QED) is 0.789. The lowest BCUT2D eigenvalue weighted by atomic mass is 10.0. The summed E-state index contributed by atoms with van der Waals surface area (Å²) in [5.74, 6) is 1.38. The molecule has 0 atom stereocenters. The maximum absolute atomic E-state index is 9.00. The molecule has 3 rings (SSSR count). The number of nitrogens with zero attached hydrogens (tertiary/aromatic N) is 1. The molecule has 0 amide bonds. The van der Waals surface area contributed by atoms with E-state index in [0.717, 1.165) is 17.0 Å². The molecule has 0 spiro atoms. The van der Waals surface area contributed by atoms with Crippen molar-refractivity contribution in [3.8, 4) is 22.6 Å². The van der Waals surface area contributed by atoms with Crippen molar-refractivity contribution in [1.82, 2.24) is 4.98 Å². The molecule has 0 saturated heterocycles. The monoisotopic (exact) mass is 279 g/mol. The van der Waals surface area contributed by atoms with E-state index in [1.807, 2.05) is 37.3 Å². The van der Waals surface area contributed by atoms with Crippen molar-refractivity contribution in [2.45, 2.75) is 13.3 Å². The second-order valence-corrected chi connectivity index (χ2v) is 4.94. The molecule has 3 heteroatoms. The van der Waals surface area contributed by atoms with Crippen LogP contribution in [-0.4, -0.2) is 16.7 Å². The van der Waals surface area contributed by atoms with E-state index in [-0.39, 0.29) is 6.61 Å². The molecule has 3 nitrogen and oxygen atoms in total. The molecule has 1 aromatic heterocycles. The molecule has 0 fully saturated rings. The highest BCUT2D eigenvalue weighted by atomic mass is 16.4. The first-order valence-corrected chi connectivity index (χ1v) is 7.01. The number of aliphatic hydroxyl groups excluding tert-OH is 1. The van der Waals surface area contributed by atoms with Gasteiger partial charge in [-0.3, -0.25) is 0 Å². The van der Waals surface area contributed by atoms with Gasteiger partial charge in [-0.25, -0.2) is 4.98 Å². The van der Waals surface area contributed by atoms with E-state index in [2.05, 4.69) is 29.2 Å². The fraction of sp³-hybridized carbons (Fsp3) is 0.167. The van der Waals surface area contributed by atoms with E-state index < -0.39 is 0 Å². The number of benzene rings is 2. The van der Waals surface area contributed by atoms with Crippen LogP contribution in [0.2, 0.25) is 0 Å². The van der Waals surface area contributed by atoms with Crippen LogP contribution in [0.1, 0.15) is 11.5 Å². The first kappa shape index (κ1) is 13.6. The number of aromatic nitrogens is 1. The Morgan fingerprint density at radius 1 is 0.905 bits per heavy atom. The van der Waals surface area contributed by atoms with Gasteiger partial charge in [0.05, 0.1) is 5.69 Å². The van der Waals surface area contributed by atoms with Gasteiger partial charge < -0.3 is 9.52 Å². The zero-order valence-electron chi connectivity index (χ0n) is 11.9. The van der Waals surface area contributed by atoms with Gasteiger partial charge in [-0.15, -0.1) is 0 Å². The van der Waals surface area contributed by atoms with Crippen molar-refractivity contribution in [3.05, 3.63) is 66.1 Å². The van der Waals surface area contributed by atoms with Crippen LogP contribution in [0.4, 0.5) is 0 Å². The zero-order chi connectivity index (χ0) is 14.7. The summed E-state index contributed by atoms with van der Waals surface area (Å²) in [7, 11) is 0. The van der Waals surface area contributed by atoms with Crippen molar-refractivity contribution in [3.63, 3.8) is 0 Å². The van der Waals surface area contributed by atoms with Gasteiger partial charge in [0, 0.05) is 18.6 Å². The standard InChI is InChI=1S/C18H17NO2/c1-13-17(11-12-20)19-18(21-13)16-9-7-15(8-10-16)14-5-3-2-4-6-14/h2-10,20H,11-12H2,1H3. The minimum absolute atomic E-state index is 0.0831. The molecule has 21 heavy (non-hydrogen) atoms. The van der Waals surface area contributed by atoms with Gasteiger partial charge in [0.25, 0.3) is 0 Å². The maximum atomic E-state index is 9.00. The predicted molar refractivity (Wildman–Crippen MR) is 82.9 cm³/mol. The number of oxazole rings is 1. The van der Waals surface area contributed by atoms with Crippen LogP contribution in [0.5, 0.6) is 0 Å². The summed E-state index contributed by atoms with van der Waals surface area (Å²) in [5, 5.41) is 9.00. The molecular weight excluding hydrogens is 262 g/mol. The normalized spacial score (nSPS) is 10.8. The number of rotatable bonds is 4. The SMILES string of the molecule is Cc1oc(-c2ccc(-c3ccccc3)cc2)nc1CCO. The van der Waals surface area contributed by atoms with Crippen LogP contribution in [0, 0.1) is 6.92 Å². The lowest BCUT2D eigenvalue weighted by molar-refractivity contribution is 0.297. The Bertz CT molecular complexity index is 715. The van der Waals surface area contributed by atoms with Gasteiger partial charge in [-0.2, -0.15) is 0 Å². The highest BCUT2D eigenvalue weighted by Gasteiger charge is 2.11. The van der Waals surface area contributed by atoms with Crippen LogP contribution in [-0.2, 0) is 6.42 Å². The van der Waals surface area contributed by atoms with Gasteiger partial charge in [-0.05, 0) is 30.2 Å². The summed E-state index contributed by atoms with van der Waals surface area (Å²) in [4.78, 5) is 4.45. The van der Waals surface area contributed by atoms with Crippen molar-refractivity contribution in [2.24, 2.45) is 0 Å². The first-order chi connectivity index (χ1) is 10.3. The topological polar surface area (TPSA) is 46.3 Å². The van der Waals surface area contributed by atoms with Crippen molar-refractivity contribution < 1.29 is 9.52 Å².